The van der Waals surface area contributed by atoms with Gasteiger partial charge in [-0.15, -0.1) is 0 Å². The fourth-order valence-electron chi connectivity index (χ4n) is 2.44. The molecule has 0 radical (unpaired) electrons. The summed E-state index contributed by atoms with van der Waals surface area (Å²) < 4.78 is 14.6. The minimum absolute atomic E-state index is 0.181. The van der Waals surface area contributed by atoms with E-state index in [9.17, 15) is 14.0 Å². The van der Waals surface area contributed by atoms with Gasteiger partial charge in [-0.2, -0.15) is 0 Å². The average molecular weight is 322 g/mol. The number of amides is 1. The lowest BCUT2D eigenvalue weighted by atomic mass is 10.1. The molecule has 3 aromatic rings. The number of pyridine rings is 1. The topological polar surface area (TPSA) is 51.1 Å². The van der Waals surface area contributed by atoms with E-state index < -0.39 is 0 Å². The molecule has 2 aromatic carbocycles. The van der Waals surface area contributed by atoms with Gasteiger partial charge in [0.25, 0.3) is 5.56 Å². The summed E-state index contributed by atoms with van der Waals surface area (Å²) in [6.45, 7) is 1.42. The van der Waals surface area contributed by atoms with Crippen molar-refractivity contribution < 1.29 is 9.18 Å². The van der Waals surface area contributed by atoms with Crippen LogP contribution < -0.4 is 10.9 Å². The Morgan fingerprint density at radius 1 is 1.00 bits per heavy atom. The van der Waals surface area contributed by atoms with Gasteiger partial charge in [-0.1, -0.05) is 18.2 Å². The third kappa shape index (κ3) is 3.41. The van der Waals surface area contributed by atoms with Crippen molar-refractivity contribution in [2.45, 2.75) is 6.92 Å². The Kier molecular flexibility index (Phi) is 4.24. The Labute approximate surface area is 138 Å². The standard InChI is InChI=1S/C19H15FN2O2/c1-13(23)21-17-3-2-4-18(11-17)22-12-15(7-10-19(22)24)14-5-8-16(20)9-6-14/h2-12H,1H3,(H,21,23). The van der Waals surface area contributed by atoms with E-state index in [4.69, 9.17) is 0 Å². The number of aromatic nitrogens is 1. The van der Waals surface area contributed by atoms with Crippen LogP contribution in [0.5, 0.6) is 0 Å². The molecule has 0 atom stereocenters. The van der Waals surface area contributed by atoms with Crippen molar-refractivity contribution in [3.63, 3.8) is 0 Å². The number of anilines is 1. The van der Waals surface area contributed by atoms with Crippen molar-refractivity contribution in [2.24, 2.45) is 0 Å². The Morgan fingerprint density at radius 2 is 1.71 bits per heavy atom. The molecule has 0 saturated heterocycles. The lowest BCUT2D eigenvalue weighted by Gasteiger charge is -2.10. The molecule has 1 aromatic heterocycles. The van der Waals surface area contributed by atoms with E-state index in [1.54, 1.807) is 48.7 Å². The number of carbonyl (C=O) groups excluding carboxylic acids is 1. The highest BCUT2D eigenvalue weighted by Crippen LogP contribution is 2.20. The molecule has 120 valence electrons. The van der Waals surface area contributed by atoms with Crippen molar-refractivity contribution in [1.29, 1.82) is 0 Å². The Hall–Kier alpha value is -3.21. The third-order valence-electron chi connectivity index (χ3n) is 3.53. The number of carbonyl (C=O) groups is 1. The van der Waals surface area contributed by atoms with Crippen molar-refractivity contribution >= 4 is 11.6 Å². The molecule has 0 aliphatic heterocycles. The highest BCUT2D eigenvalue weighted by molar-refractivity contribution is 5.88. The second kappa shape index (κ2) is 6.50. The summed E-state index contributed by atoms with van der Waals surface area (Å²) in [5, 5.41) is 2.69. The molecule has 0 bridgehead atoms. The highest BCUT2D eigenvalue weighted by atomic mass is 19.1. The molecular weight excluding hydrogens is 307 g/mol. The lowest BCUT2D eigenvalue weighted by Crippen LogP contribution is -2.16. The first-order valence-corrected chi connectivity index (χ1v) is 7.39. The van der Waals surface area contributed by atoms with Crippen LogP contribution in [0.3, 0.4) is 0 Å². The van der Waals surface area contributed by atoms with E-state index in [1.807, 2.05) is 0 Å². The smallest absolute Gasteiger partial charge is 0.255 e. The van der Waals surface area contributed by atoms with Crippen LogP contribution in [0.25, 0.3) is 16.8 Å². The molecule has 0 spiro atoms. The predicted octanol–water partition coefficient (Wildman–Crippen LogP) is 3.60. The van der Waals surface area contributed by atoms with Crippen LogP contribution in [-0.2, 0) is 4.79 Å². The van der Waals surface area contributed by atoms with Gasteiger partial charge in [-0.25, -0.2) is 4.39 Å². The molecule has 0 aliphatic rings. The first-order valence-electron chi connectivity index (χ1n) is 7.39. The van der Waals surface area contributed by atoms with Gasteiger partial charge in [0.2, 0.25) is 5.91 Å². The van der Waals surface area contributed by atoms with Crippen LogP contribution in [0.4, 0.5) is 10.1 Å². The summed E-state index contributed by atoms with van der Waals surface area (Å²) in [7, 11) is 0. The molecule has 4 nitrogen and oxygen atoms in total. The summed E-state index contributed by atoms with van der Waals surface area (Å²) in [5.41, 5.74) is 2.65. The Balaban J connectivity index is 2.05. The molecule has 0 fully saturated rings. The first-order chi connectivity index (χ1) is 11.5. The third-order valence-corrected chi connectivity index (χ3v) is 3.53. The van der Waals surface area contributed by atoms with E-state index in [-0.39, 0.29) is 17.3 Å². The highest BCUT2D eigenvalue weighted by Gasteiger charge is 2.05. The second-order valence-corrected chi connectivity index (χ2v) is 5.36. The quantitative estimate of drug-likeness (QED) is 0.801. The van der Waals surface area contributed by atoms with Crippen molar-refractivity contribution in [3.8, 4) is 16.8 Å². The van der Waals surface area contributed by atoms with Gasteiger partial charge in [0.15, 0.2) is 0 Å². The summed E-state index contributed by atoms with van der Waals surface area (Å²) in [4.78, 5) is 23.4. The maximum Gasteiger partial charge on any atom is 0.255 e. The minimum Gasteiger partial charge on any atom is -0.326 e. The summed E-state index contributed by atoms with van der Waals surface area (Å²) in [6.07, 6.45) is 1.70. The molecule has 1 N–H and O–H groups in total. The monoisotopic (exact) mass is 322 g/mol. The van der Waals surface area contributed by atoms with Crippen LogP contribution in [0, 0.1) is 5.82 Å². The number of rotatable bonds is 3. The van der Waals surface area contributed by atoms with Gasteiger partial charge in [0, 0.05) is 24.9 Å². The molecule has 1 amide bonds. The lowest BCUT2D eigenvalue weighted by molar-refractivity contribution is -0.114. The van der Waals surface area contributed by atoms with E-state index in [2.05, 4.69) is 5.32 Å². The molecular formula is C19H15FN2O2. The Bertz CT molecular complexity index is 946. The Morgan fingerprint density at radius 3 is 2.42 bits per heavy atom. The molecule has 1 heterocycles. The number of nitrogens with zero attached hydrogens (tertiary/aromatic N) is 1. The van der Waals surface area contributed by atoms with Gasteiger partial charge in [-0.05, 0) is 47.5 Å². The summed E-state index contributed by atoms with van der Waals surface area (Å²) in [5.74, 6) is -0.491. The average Bonchev–Trinajstić information content (AvgIpc) is 2.56. The van der Waals surface area contributed by atoms with E-state index in [0.29, 0.717) is 11.4 Å². The van der Waals surface area contributed by atoms with E-state index in [0.717, 1.165) is 11.1 Å². The van der Waals surface area contributed by atoms with Crippen molar-refractivity contribution in [2.75, 3.05) is 5.32 Å². The number of hydrogen-bond donors (Lipinski definition) is 1. The SMILES string of the molecule is CC(=O)Nc1cccc(-n2cc(-c3ccc(F)cc3)ccc2=O)c1. The number of halogens is 1. The van der Waals surface area contributed by atoms with Crippen LogP contribution in [-0.4, -0.2) is 10.5 Å². The molecule has 24 heavy (non-hydrogen) atoms. The van der Waals surface area contributed by atoms with Crippen LogP contribution in [0.15, 0.2) is 71.7 Å². The van der Waals surface area contributed by atoms with Crippen LogP contribution in [0.1, 0.15) is 6.92 Å². The number of nitrogens with one attached hydrogen (secondary N) is 1. The maximum atomic E-state index is 13.1. The molecule has 5 heteroatoms. The molecule has 0 aliphatic carbocycles. The molecule has 0 unspecified atom stereocenters. The van der Waals surface area contributed by atoms with Crippen molar-refractivity contribution in [3.05, 3.63) is 83.0 Å². The van der Waals surface area contributed by atoms with E-state index >= 15 is 0 Å². The zero-order valence-electron chi connectivity index (χ0n) is 13.0. The maximum absolute atomic E-state index is 13.1. The fourth-order valence-corrected chi connectivity index (χ4v) is 2.44. The van der Waals surface area contributed by atoms with Gasteiger partial charge in [-0.3, -0.25) is 14.2 Å². The van der Waals surface area contributed by atoms with Gasteiger partial charge < -0.3 is 5.32 Å². The summed E-state index contributed by atoms with van der Waals surface area (Å²) >= 11 is 0. The second-order valence-electron chi connectivity index (χ2n) is 5.36. The van der Waals surface area contributed by atoms with E-state index in [1.165, 1.54) is 29.7 Å². The summed E-state index contributed by atoms with van der Waals surface area (Å²) in [6, 6.07) is 16.2. The largest absolute Gasteiger partial charge is 0.326 e. The fraction of sp³-hybridized carbons (Fsp3) is 0.0526. The van der Waals surface area contributed by atoms with Gasteiger partial charge in [0.05, 0.1) is 5.69 Å². The predicted molar refractivity (Wildman–Crippen MR) is 91.7 cm³/mol. The normalized spacial score (nSPS) is 10.4. The van der Waals surface area contributed by atoms with Gasteiger partial charge >= 0.3 is 0 Å². The molecule has 0 saturated carbocycles. The minimum atomic E-state index is -0.310. The van der Waals surface area contributed by atoms with Gasteiger partial charge in [0.1, 0.15) is 5.82 Å². The molecule has 3 rings (SSSR count). The first kappa shape index (κ1) is 15.7. The van der Waals surface area contributed by atoms with Crippen LogP contribution in [0.2, 0.25) is 0 Å². The van der Waals surface area contributed by atoms with Crippen molar-refractivity contribution in [1.82, 2.24) is 4.57 Å². The number of benzene rings is 2. The zero-order valence-corrected chi connectivity index (χ0v) is 13.0. The van der Waals surface area contributed by atoms with Crippen LogP contribution >= 0.6 is 0 Å². The zero-order chi connectivity index (χ0) is 17.1. The number of hydrogen-bond acceptors (Lipinski definition) is 2.